The average Bonchev–Trinajstić information content (AvgIpc) is 2.91. The maximum absolute atomic E-state index is 13.6. The van der Waals surface area contributed by atoms with E-state index in [0.29, 0.717) is 19.7 Å². The molecule has 1 aromatic carbocycles. The molecule has 0 saturated carbocycles. The molecular formula is C23H34ClF3N4O7S. The number of carbonyl (C=O) groups excluding carboxylic acids is 2. The number of carbonyl (C=O) groups is 2. The highest BCUT2D eigenvalue weighted by Gasteiger charge is 2.55. The van der Waals surface area contributed by atoms with E-state index in [2.05, 4.69) is 11.7 Å². The Morgan fingerprint density at radius 2 is 1.64 bits per heavy atom. The van der Waals surface area contributed by atoms with Crippen molar-refractivity contribution < 1.29 is 45.9 Å². The van der Waals surface area contributed by atoms with Crippen LogP contribution < -0.4 is 15.1 Å². The van der Waals surface area contributed by atoms with Crippen LogP contribution in [0.25, 0.3) is 0 Å². The van der Waals surface area contributed by atoms with Crippen molar-refractivity contribution in [2.24, 2.45) is 0 Å². The molecule has 0 aromatic heterocycles. The van der Waals surface area contributed by atoms with Crippen LogP contribution in [0.2, 0.25) is 0 Å². The topological polar surface area (TPSA) is 129 Å². The summed E-state index contributed by atoms with van der Waals surface area (Å²) < 4.78 is 73.4. The zero-order valence-electron chi connectivity index (χ0n) is 21.5. The molecule has 2 fully saturated rings. The number of piperazine rings is 1. The van der Waals surface area contributed by atoms with Gasteiger partial charge in [-0.05, 0) is 43.5 Å². The van der Waals surface area contributed by atoms with Gasteiger partial charge in [0, 0.05) is 45.0 Å². The maximum Gasteiger partial charge on any atom is 0.422 e. The summed E-state index contributed by atoms with van der Waals surface area (Å²) in [6, 6.07) is 7.48. The zero-order chi connectivity index (χ0) is 28.0. The van der Waals surface area contributed by atoms with Gasteiger partial charge in [0.2, 0.25) is 10.0 Å². The molecule has 16 heteroatoms. The lowest BCUT2D eigenvalue weighted by Gasteiger charge is -2.43. The van der Waals surface area contributed by atoms with Crippen LogP contribution in [-0.4, -0.2) is 98.2 Å². The lowest BCUT2D eigenvalue weighted by atomic mass is 9.95. The molecule has 2 heterocycles. The molecule has 39 heavy (non-hydrogen) atoms. The van der Waals surface area contributed by atoms with Crippen molar-refractivity contribution >= 4 is 40.1 Å². The second kappa shape index (κ2) is 13.7. The number of hydrogen-bond acceptors (Lipinski definition) is 8. The van der Waals surface area contributed by atoms with Gasteiger partial charge in [0.05, 0.1) is 6.61 Å². The summed E-state index contributed by atoms with van der Waals surface area (Å²) in [5, 5.41) is 9.31. The van der Waals surface area contributed by atoms with Gasteiger partial charge in [0.1, 0.15) is 5.75 Å². The number of piperidine rings is 1. The Balaban J connectivity index is 0.00000533. The van der Waals surface area contributed by atoms with E-state index in [4.69, 9.17) is 4.74 Å². The summed E-state index contributed by atoms with van der Waals surface area (Å²) in [5.41, 5.74) is 2.30. The second-order valence-corrected chi connectivity index (χ2v) is 11.4. The van der Waals surface area contributed by atoms with Crippen LogP contribution in [0.5, 0.6) is 5.75 Å². The van der Waals surface area contributed by atoms with E-state index in [1.54, 1.807) is 0 Å². The highest BCUT2D eigenvalue weighted by atomic mass is 35.5. The summed E-state index contributed by atoms with van der Waals surface area (Å²) >= 11 is 0. The first-order chi connectivity index (χ1) is 17.9. The first-order valence-electron chi connectivity index (χ1n) is 12.3. The highest BCUT2D eigenvalue weighted by Crippen LogP contribution is 2.35. The normalized spacial score (nSPS) is 18.2. The van der Waals surface area contributed by atoms with E-state index >= 15 is 0 Å². The number of anilines is 1. The van der Waals surface area contributed by atoms with Crippen molar-refractivity contribution in [3.63, 3.8) is 0 Å². The van der Waals surface area contributed by atoms with Gasteiger partial charge in [-0.2, -0.15) is 17.5 Å². The molecule has 222 valence electrons. The number of likely N-dealkylation sites (tertiary alicyclic amines) is 1. The predicted molar refractivity (Wildman–Crippen MR) is 138 cm³/mol. The average molecular weight is 603 g/mol. The number of benzene rings is 1. The highest BCUT2D eigenvalue weighted by molar-refractivity contribution is 7.91. The summed E-state index contributed by atoms with van der Waals surface area (Å²) in [5.74, 6) is -0.407. The number of amides is 2. The Hall–Kier alpha value is -2.49. The molecular weight excluding hydrogens is 569 g/mol. The number of rotatable bonds is 9. The predicted octanol–water partition coefficient (Wildman–Crippen LogP) is 2.78. The lowest BCUT2D eigenvalue weighted by Crippen LogP contribution is -2.64. The summed E-state index contributed by atoms with van der Waals surface area (Å²) in [7, 11) is -4.31. The van der Waals surface area contributed by atoms with Crippen molar-refractivity contribution in [3.8, 4) is 5.75 Å². The fraction of sp³-hybridized carbons (Fsp3) is 0.652. The van der Waals surface area contributed by atoms with Crippen LogP contribution in [0, 0.1) is 0 Å². The van der Waals surface area contributed by atoms with E-state index in [0.717, 1.165) is 29.2 Å². The van der Waals surface area contributed by atoms with Crippen LogP contribution in [0.3, 0.4) is 0 Å². The van der Waals surface area contributed by atoms with Crippen LogP contribution >= 0.6 is 12.4 Å². The van der Waals surface area contributed by atoms with Gasteiger partial charge in [-0.15, -0.1) is 12.4 Å². The Morgan fingerprint density at radius 1 is 1.05 bits per heavy atom. The molecule has 2 N–H and O–H groups in total. The minimum absolute atomic E-state index is 0. The van der Waals surface area contributed by atoms with Crippen LogP contribution in [0.15, 0.2) is 24.3 Å². The molecule has 2 amide bonds. The number of hydroxylamine groups is 1. The summed E-state index contributed by atoms with van der Waals surface area (Å²) in [6.07, 6.45) is -4.81. The first kappa shape index (κ1) is 32.7. The largest absolute Gasteiger partial charge is 0.494 e. The molecule has 0 bridgehead atoms. The summed E-state index contributed by atoms with van der Waals surface area (Å²) in [6.45, 7) is 1.11. The van der Waals surface area contributed by atoms with Gasteiger partial charge < -0.3 is 19.3 Å². The van der Waals surface area contributed by atoms with Crippen molar-refractivity contribution in [3.05, 3.63) is 24.3 Å². The molecule has 2 saturated heterocycles. The monoisotopic (exact) mass is 602 g/mol. The van der Waals surface area contributed by atoms with Crippen molar-refractivity contribution in [2.45, 2.75) is 43.5 Å². The zero-order valence-corrected chi connectivity index (χ0v) is 23.1. The number of sulfonamides is 1. The van der Waals surface area contributed by atoms with E-state index in [9.17, 15) is 36.4 Å². The lowest BCUT2D eigenvalue weighted by molar-refractivity contribution is -0.162. The molecule has 11 nitrogen and oxygen atoms in total. The van der Waals surface area contributed by atoms with Crippen LogP contribution in [-0.2, 0) is 19.6 Å². The van der Waals surface area contributed by atoms with Gasteiger partial charge in [0.25, 0.3) is 5.91 Å². The van der Waals surface area contributed by atoms with Gasteiger partial charge in [-0.3, -0.25) is 10.0 Å². The number of unbranched alkanes of at least 4 members (excludes halogenated alkanes) is 1. The summed E-state index contributed by atoms with van der Waals surface area (Å²) in [4.78, 5) is 27.6. The molecule has 0 radical (unpaired) electrons. The molecule has 0 unspecified atom stereocenters. The Morgan fingerprint density at radius 3 is 2.15 bits per heavy atom. The van der Waals surface area contributed by atoms with Crippen LogP contribution in [0.1, 0.15) is 32.6 Å². The molecule has 3 rings (SSSR count). The minimum Gasteiger partial charge on any atom is -0.494 e. The quantitative estimate of drug-likeness (QED) is 0.251. The van der Waals surface area contributed by atoms with Crippen molar-refractivity contribution in [2.75, 3.05) is 57.4 Å². The Bertz CT molecular complexity index is 1060. The van der Waals surface area contributed by atoms with Gasteiger partial charge in [0.15, 0.2) is 11.4 Å². The van der Waals surface area contributed by atoms with Gasteiger partial charge >= 0.3 is 12.3 Å². The van der Waals surface area contributed by atoms with Crippen molar-refractivity contribution in [1.29, 1.82) is 0 Å². The van der Waals surface area contributed by atoms with E-state index in [1.165, 1.54) is 9.79 Å². The van der Waals surface area contributed by atoms with Crippen LogP contribution in [0.4, 0.5) is 23.7 Å². The smallest absolute Gasteiger partial charge is 0.422 e. The SMILES string of the molecule is CCCCOc1ccc(N2CCN(S(=O)(=O)C3(C(=O)NO)CCN(C(=O)OCC(F)(F)F)CC3)CC2)cc1.Cl. The number of alkyl halides is 3. The molecule has 2 aliphatic heterocycles. The van der Waals surface area contributed by atoms with Gasteiger partial charge in [-0.1, -0.05) is 13.3 Å². The number of hydrogen-bond donors (Lipinski definition) is 2. The molecule has 2 aliphatic rings. The number of halogens is 4. The fourth-order valence-electron chi connectivity index (χ4n) is 4.51. The molecule has 0 atom stereocenters. The Labute approximate surface area is 231 Å². The van der Waals surface area contributed by atoms with Crippen molar-refractivity contribution in [1.82, 2.24) is 14.7 Å². The minimum atomic E-state index is -4.71. The molecule has 0 spiro atoms. The number of nitrogens with one attached hydrogen (secondary N) is 1. The second-order valence-electron chi connectivity index (χ2n) is 9.18. The fourth-order valence-corrected chi connectivity index (χ4v) is 6.63. The number of ether oxygens (including phenoxy) is 2. The van der Waals surface area contributed by atoms with Gasteiger partial charge in [-0.25, -0.2) is 18.7 Å². The number of nitrogens with zero attached hydrogens (tertiary/aromatic N) is 3. The Kier molecular flexibility index (Phi) is 11.5. The molecule has 1 aromatic rings. The third-order valence-electron chi connectivity index (χ3n) is 6.74. The first-order valence-corrected chi connectivity index (χ1v) is 13.8. The third-order valence-corrected chi connectivity index (χ3v) is 9.37. The third kappa shape index (κ3) is 7.80. The van der Waals surface area contributed by atoms with E-state index in [-0.39, 0.29) is 38.6 Å². The molecule has 0 aliphatic carbocycles. The maximum atomic E-state index is 13.6. The van der Waals surface area contributed by atoms with E-state index in [1.807, 2.05) is 29.2 Å². The van der Waals surface area contributed by atoms with E-state index < -0.39 is 52.4 Å². The standard InChI is InChI=1S/C23H33F3N4O7S.ClH/c1-2-3-16-36-19-6-4-18(5-7-19)28-12-14-30(15-13-28)38(34,35)22(20(31)27-33)8-10-29(11-9-22)21(32)37-17-23(24,25)26;/h4-7,33H,2-3,8-17H2,1H3,(H,27,31);1H.